The maximum atomic E-state index is 12.4. The van der Waals surface area contributed by atoms with Gasteiger partial charge in [0.2, 0.25) is 0 Å². The van der Waals surface area contributed by atoms with Crippen molar-refractivity contribution in [3.63, 3.8) is 0 Å². The average Bonchev–Trinajstić information content (AvgIpc) is 3.11. The molecule has 110 valence electrons. The van der Waals surface area contributed by atoms with Crippen LogP contribution in [0.15, 0.2) is 36.7 Å². The molecule has 3 rings (SSSR count). The number of amides is 1. The molecule has 1 aliphatic rings. The normalized spacial score (nSPS) is 15.1. The zero-order valence-electron chi connectivity index (χ0n) is 12.1. The van der Waals surface area contributed by atoms with Gasteiger partial charge in [-0.15, -0.1) is 0 Å². The van der Waals surface area contributed by atoms with E-state index < -0.39 is 0 Å². The van der Waals surface area contributed by atoms with Crippen LogP contribution >= 0.6 is 0 Å². The van der Waals surface area contributed by atoms with Gasteiger partial charge in [-0.3, -0.25) is 9.48 Å². The highest BCUT2D eigenvalue weighted by Gasteiger charge is 2.20. The Balaban J connectivity index is 1.75. The lowest BCUT2D eigenvalue weighted by molar-refractivity contribution is 0.101. The summed E-state index contributed by atoms with van der Waals surface area (Å²) >= 11 is 0. The maximum absolute atomic E-state index is 12.4. The Morgan fingerprint density at radius 1 is 1.33 bits per heavy atom. The second-order valence-electron chi connectivity index (χ2n) is 5.38. The van der Waals surface area contributed by atoms with Crippen molar-refractivity contribution in [3.05, 3.63) is 42.2 Å². The molecule has 1 saturated carbocycles. The van der Waals surface area contributed by atoms with Crippen molar-refractivity contribution >= 4 is 11.6 Å². The van der Waals surface area contributed by atoms with Gasteiger partial charge in [-0.25, -0.2) is 0 Å². The molecule has 5 nitrogen and oxygen atoms in total. The minimum absolute atomic E-state index is 0.170. The van der Waals surface area contributed by atoms with Gasteiger partial charge < -0.3 is 10.1 Å². The van der Waals surface area contributed by atoms with Crippen LogP contribution in [0.2, 0.25) is 0 Å². The van der Waals surface area contributed by atoms with Crippen molar-refractivity contribution in [2.45, 2.75) is 31.8 Å². The highest BCUT2D eigenvalue weighted by atomic mass is 16.5. The van der Waals surface area contributed by atoms with Crippen molar-refractivity contribution in [2.24, 2.45) is 7.05 Å². The highest BCUT2D eigenvalue weighted by molar-refractivity contribution is 6.06. The van der Waals surface area contributed by atoms with Crippen molar-refractivity contribution in [3.8, 4) is 5.75 Å². The number of rotatable bonds is 4. The third kappa shape index (κ3) is 3.24. The number of anilines is 1. The Labute approximate surface area is 123 Å². The van der Waals surface area contributed by atoms with E-state index in [-0.39, 0.29) is 12.0 Å². The zero-order valence-corrected chi connectivity index (χ0v) is 12.1. The van der Waals surface area contributed by atoms with Crippen LogP contribution in [-0.4, -0.2) is 21.8 Å². The van der Waals surface area contributed by atoms with E-state index in [4.69, 9.17) is 4.74 Å². The fourth-order valence-corrected chi connectivity index (χ4v) is 2.63. The molecule has 5 heteroatoms. The average molecular weight is 285 g/mol. The van der Waals surface area contributed by atoms with Gasteiger partial charge in [-0.1, -0.05) is 12.1 Å². The second-order valence-corrected chi connectivity index (χ2v) is 5.38. The summed E-state index contributed by atoms with van der Waals surface area (Å²) in [6.45, 7) is 0. The van der Waals surface area contributed by atoms with Gasteiger partial charge in [-0.05, 0) is 37.8 Å². The van der Waals surface area contributed by atoms with Gasteiger partial charge in [0.05, 0.1) is 23.6 Å². The molecule has 1 heterocycles. The summed E-state index contributed by atoms with van der Waals surface area (Å²) in [6.07, 6.45) is 8.16. The van der Waals surface area contributed by atoms with E-state index in [9.17, 15) is 4.79 Å². The molecule has 2 aromatic rings. The predicted molar refractivity (Wildman–Crippen MR) is 80.5 cm³/mol. The standard InChI is InChI=1S/C16H19N3O2/c1-19-11-12(10-17-19)18-16(20)14-8-4-5-9-15(14)21-13-6-2-3-7-13/h4-5,8-11,13H,2-3,6-7H2,1H3,(H,18,20). The lowest BCUT2D eigenvalue weighted by Gasteiger charge is -2.16. The summed E-state index contributed by atoms with van der Waals surface area (Å²) in [5.74, 6) is 0.488. The van der Waals surface area contributed by atoms with E-state index in [1.165, 1.54) is 12.8 Å². The van der Waals surface area contributed by atoms with E-state index >= 15 is 0 Å². The largest absolute Gasteiger partial charge is 0.490 e. The summed E-state index contributed by atoms with van der Waals surface area (Å²) < 4.78 is 7.64. The molecule has 1 aromatic carbocycles. The van der Waals surface area contributed by atoms with Gasteiger partial charge >= 0.3 is 0 Å². The van der Waals surface area contributed by atoms with Crippen molar-refractivity contribution in [1.82, 2.24) is 9.78 Å². The van der Waals surface area contributed by atoms with Crippen LogP contribution in [0.3, 0.4) is 0 Å². The number of nitrogens with zero attached hydrogens (tertiary/aromatic N) is 2. The summed E-state index contributed by atoms with van der Waals surface area (Å²) in [7, 11) is 1.81. The summed E-state index contributed by atoms with van der Waals surface area (Å²) in [5.41, 5.74) is 1.24. The monoisotopic (exact) mass is 285 g/mol. The second kappa shape index (κ2) is 5.99. The molecule has 1 fully saturated rings. The molecule has 1 N–H and O–H groups in total. The van der Waals surface area contributed by atoms with Crippen LogP contribution in [-0.2, 0) is 7.05 Å². The van der Waals surface area contributed by atoms with E-state index in [1.807, 2.05) is 25.2 Å². The van der Waals surface area contributed by atoms with Crippen LogP contribution in [0.25, 0.3) is 0 Å². The quantitative estimate of drug-likeness (QED) is 0.939. The molecule has 0 bridgehead atoms. The first-order chi connectivity index (χ1) is 10.2. The minimum Gasteiger partial charge on any atom is -0.490 e. The molecular weight excluding hydrogens is 266 g/mol. The minimum atomic E-state index is -0.170. The van der Waals surface area contributed by atoms with Gasteiger partial charge in [0.15, 0.2) is 0 Å². The van der Waals surface area contributed by atoms with Crippen molar-refractivity contribution < 1.29 is 9.53 Å². The van der Waals surface area contributed by atoms with Crippen LogP contribution in [0, 0.1) is 0 Å². The number of ether oxygens (including phenoxy) is 1. The smallest absolute Gasteiger partial charge is 0.259 e. The Morgan fingerprint density at radius 3 is 2.81 bits per heavy atom. The van der Waals surface area contributed by atoms with E-state index in [0.29, 0.717) is 17.0 Å². The zero-order chi connectivity index (χ0) is 14.7. The van der Waals surface area contributed by atoms with Crippen LogP contribution in [0.1, 0.15) is 36.0 Å². The number of carbonyl (C=O) groups is 1. The number of hydrogen-bond donors (Lipinski definition) is 1. The third-order valence-corrected chi connectivity index (χ3v) is 3.69. The molecule has 21 heavy (non-hydrogen) atoms. The molecule has 0 atom stereocenters. The van der Waals surface area contributed by atoms with Gasteiger partial charge in [0.25, 0.3) is 5.91 Å². The van der Waals surface area contributed by atoms with Gasteiger partial charge in [0.1, 0.15) is 5.75 Å². The number of hydrogen-bond acceptors (Lipinski definition) is 3. The van der Waals surface area contributed by atoms with Crippen molar-refractivity contribution in [1.29, 1.82) is 0 Å². The topological polar surface area (TPSA) is 56.2 Å². The SMILES string of the molecule is Cn1cc(NC(=O)c2ccccc2OC2CCCC2)cn1. The van der Waals surface area contributed by atoms with E-state index in [1.54, 1.807) is 23.1 Å². The van der Waals surface area contributed by atoms with Crippen molar-refractivity contribution in [2.75, 3.05) is 5.32 Å². The lowest BCUT2D eigenvalue weighted by Crippen LogP contribution is -2.17. The molecule has 1 aliphatic carbocycles. The summed E-state index contributed by atoms with van der Waals surface area (Å²) in [4.78, 5) is 12.4. The number of aromatic nitrogens is 2. The molecule has 1 aromatic heterocycles. The van der Waals surface area contributed by atoms with Gasteiger partial charge in [-0.2, -0.15) is 5.10 Å². The molecular formula is C16H19N3O2. The fraction of sp³-hybridized carbons (Fsp3) is 0.375. The number of carbonyl (C=O) groups excluding carboxylic acids is 1. The van der Waals surface area contributed by atoms with Gasteiger partial charge in [0, 0.05) is 13.2 Å². The first kappa shape index (κ1) is 13.7. The first-order valence-corrected chi connectivity index (χ1v) is 7.28. The maximum Gasteiger partial charge on any atom is 0.259 e. The number of benzene rings is 1. The Hall–Kier alpha value is -2.30. The molecule has 0 saturated heterocycles. The molecule has 0 aliphatic heterocycles. The van der Waals surface area contributed by atoms with E-state index in [2.05, 4.69) is 10.4 Å². The van der Waals surface area contributed by atoms with Crippen LogP contribution < -0.4 is 10.1 Å². The summed E-state index contributed by atoms with van der Waals surface area (Å²) in [5, 5.41) is 6.88. The number of nitrogens with one attached hydrogen (secondary N) is 1. The molecule has 0 radical (unpaired) electrons. The number of aryl methyl sites for hydroxylation is 1. The third-order valence-electron chi connectivity index (χ3n) is 3.69. The Kier molecular flexibility index (Phi) is 3.90. The molecule has 0 unspecified atom stereocenters. The Morgan fingerprint density at radius 2 is 2.10 bits per heavy atom. The van der Waals surface area contributed by atoms with Crippen LogP contribution in [0.5, 0.6) is 5.75 Å². The highest BCUT2D eigenvalue weighted by Crippen LogP contribution is 2.27. The molecule has 0 spiro atoms. The first-order valence-electron chi connectivity index (χ1n) is 7.28. The predicted octanol–water partition coefficient (Wildman–Crippen LogP) is 2.99. The van der Waals surface area contributed by atoms with Crippen LogP contribution in [0.4, 0.5) is 5.69 Å². The number of para-hydroxylation sites is 1. The summed E-state index contributed by atoms with van der Waals surface area (Å²) in [6, 6.07) is 7.39. The van der Waals surface area contributed by atoms with E-state index in [0.717, 1.165) is 12.8 Å². The molecule has 1 amide bonds. The lowest BCUT2D eigenvalue weighted by atomic mass is 10.2. The fourth-order valence-electron chi connectivity index (χ4n) is 2.63. The Bertz CT molecular complexity index is 630.